The average molecular weight is 209 g/mol. The number of hydrogen-bond acceptors (Lipinski definition) is 1. The van der Waals surface area contributed by atoms with Gasteiger partial charge in [0, 0.05) is 10.9 Å². The number of alkyl halides is 1. The fourth-order valence-corrected chi connectivity index (χ4v) is 1.71. The highest BCUT2D eigenvalue weighted by Gasteiger charge is 2.04. The molecule has 0 aromatic carbocycles. The molecule has 1 aromatic rings. The summed E-state index contributed by atoms with van der Waals surface area (Å²) in [4.78, 5) is 0. The average Bonchev–Trinajstić information content (AvgIpc) is 2.12. The van der Waals surface area contributed by atoms with Crippen LogP contribution in [0.5, 0.6) is 0 Å². The van der Waals surface area contributed by atoms with E-state index >= 15 is 0 Å². The van der Waals surface area contributed by atoms with Crippen molar-refractivity contribution in [3.05, 3.63) is 22.6 Å². The summed E-state index contributed by atoms with van der Waals surface area (Å²) in [5.41, 5.74) is 2.13. The van der Waals surface area contributed by atoms with Gasteiger partial charge in [-0.15, -0.1) is 0 Å². The molecule has 0 radical (unpaired) electrons. The van der Waals surface area contributed by atoms with Crippen molar-refractivity contribution in [2.45, 2.75) is 12.3 Å². The molecule has 0 saturated carbocycles. The summed E-state index contributed by atoms with van der Waals surface area (Å²) in [5, 5.41) is 1.25. The van der Waals surface area contributed by atoms with Crippen molar-refractivity contribution < 1.29 is 4.42 Å². The molecule has 0 N–H and O–H groups in total. The van der Waals surface area contributed by atoms with Gasteiger partial charge in [0.05, 0.1) is 6.26 Å². The first-order valence-corrected chi connectivity index (χ1v) is 4.04. The monoisotopic (exact) mass is 208 g/mol. The van der Waals surface area contributed by atoms with Gasteiger partial charge < -0.3 is 4.42 Å². The molecule has 0 aliphatic heterocycles. The maximum atomic E-state index is 5.65. The third-order valence-electron chi connectivity index (χ3n) is 1.19. The summed E-state index contributed by atoms with van der Waals surface area (Å²) in [5.74, 6) is 0. The van der Waals surface area contributed by atoms with Crippen LogP contribution in [-0.2, 0) is 5.33 Å². The number of furan rings is 1. The third kappa shape index (κ3) is 1.30. The van der Waals surface area contributed by atoms with Crippen LogP contribution in [0.3, 0.4) is 0 Å². The molecule has 1 aromatic heterocycles. The summed E-state index contributed by atoms with van der Waals surface area (Å²) in [6, 6.07) is 0. The molecular weight excluding hydrogens is 203 g/mol. The zero-order chi connectivity index (χ0) is 6.85. The Morgan fingerprint density at radius 2 is 2.44 bits per heavy atom. The zero-order valence-electron chi connectivity index (χ0n) is 4.95. The normalized spacial score (nSPS) is 10.1. The smallest absolute Gasteiger partial charge is 0.197 e. The van der Waals surface area contributed by atoms with Gasteiger partial charge >= 0.3 is 0 Å². The van der Waals surface area contributed by atoms with Gasteiger partial charge in [-0.05, 0) is 24.1 Å². The van der Waals surface area contributed by atoms with Gasteiger partial charge in [0.25, 0.3) is 0 Å². The molecule has 0 aliphatic carbocycles. The van der Waals surface area contributed by atoms with Crippen LogP contribution in [0, 0.1) is 6.92 Å². The fraction of sp³-hybridized carbons (Fsp3) is 0.333. The molecule has 0 aliphatic rings. The maximum absolute atomic E-state index is 5.65. The van der Waals surface area contributed by atoms with Crippen LogP contribution in [-0.4, -0.2) is 0 Å². The van der Waals surface area contributed by atoms with Crippen molar-refractivity contribution in [2.75, 3.05) is 0 Å². The Bertz CT molecular complexity index is 187. The van der Waals surface area contributed by atoms with E-state index in [0.717, 1.165) is 16.5 Å². The van der Waals surface area contributed by atoms with Crippen molar-refractivity contribution in [2.24, 2.45) is 0 Å². The van der Waals surface area contributed by atoms with E-state index in [0.29, 0.717) is 5.22 Å². The predicted molar refractivity (Wildman–Crippen MR) is 41.1 cm³/mol. The minimum atomic E-state index is 0.490. The highest BCUT2D eigenvalue weighted by atomic mass is 79.9. The molecule has 1 rings (SSSR count). The van der Waals surface area contributed by atoms with E-state index in [1.807, 2.05) is 6.92 Å². The van der Waals surface area contributed by atoms with E-state index < -0.39 is 0 Å². The van der Waals surface area contributed by atoms with Crippen molar-refractivity contribution in [3.8, 4) is 0 Å². The van der Waals surface area contributed by atoms with E-state index in [2.05, 4.69) is 15.9 Å². The van der Waals surface area contributed by atoms with E-state index in [1.165, 1.54) is 0 Å². The van der Waals surface area contributed by atoms with Crippen LogP contribution in [0.4, 0.5) is 0 Å². The SMILES string of the molecule is Cc1coc(Cl)c1CBr. The lowest BCUT2D eigenvalue weighted by atomic mass is 10.2. The van der Waals surface area contributed by atoms with Crippen LogP contribution in [0.2, 0.25) is 5.22 Å². The van der Waals surface area contributed by atoms with Gasteiger partial charge in [0.1, 0.15) is 0 Å². The first kappa shape index (κ1) is 7.16. The molecule has 0 fully saturated rings. The van der Waals surface area contributed by atoms with E-state index in [9.17, 15) is 0 Å². The van der Waals surface area contributed by atoms with Crippen LogP contribution in [0.15, 0.2) is 10.7 Å². The molecule has 0 atom stereocenters. The Hall–Kier alpha value is 0.0500. The molecule has 1 nitrogen and oxygen atoms in total. The second kappa shape index (κ2) is 2.76. The molecule has 0 amide bonds. The van der Waals surface area contributed by atoms with Gasteiger partial charge in [-0.25, -0.2) is 0 Å². The fourth-order valence-electron chi connectivity index (χ4n) is 0.595. The molecule has 3 heteroatoms. The molecular formula is C6H6BrClO. The van der Waals surface area contributed by atoms with Gasteiger partial charge in [0.15, 0.2) is 5.22 Å². The molecule has 0 spiro atoms. The van der Waals surface area contributed by atoms with Crippen LogP contribution >= 0.6 is 27.5 Å². The second-order valence-corrected chi connectivity index (χ2v) is 2.71. The van der Waals surface area contributed by atoms with Crippen molar-refractivity contribution >= 4 is 27.5 Å². The Labute approximate surface area is 67.1 Å². The maximum Gasteiger partial charge on any atom is 0.197 e. The minimum absolute atomic E-state index is 0.490. The minimum Gasteiger partial charge on any atom is -0.452 e. The van der Waals surface area contributed by atoms with Crippen LogP contribution in [0.25, 0.3) is 0 Å². The molecule has 9 heavy (non-hydrogen) atoms. The van der Waals surface area contributed by atoms with E-state index in [-0.39, 0.29) is 0 Å². The lowest BCUT2D eigenvalue weighted by Crippen LogP contribution is -1.74. The van der Waals surface area contributed by atoms with Gasteiger partial charge in [-0.2, -0.15) is 0 Å². The van der Waals surface area contributed by atoms with E-state index in [1.54, 1.807) is 6.26 Å². The molecule has 0 bridgehead atoms. The topological polar surface area (TPSA) is 13.1 Å². The lowest BCUT2D eigenvalue weighted by molar-refractivity contribution is 0.566. The Morgan fingerprint density at radius 1 is 1.78 bits per heavy atom. The second-order valence-electron chi connectivity index (χ2n) is 1.80. The lowest BCUT2D eigenvalue weighted by Gasteiger charge is -1.87. The van der Waals surface area contributed by atoms with E-state index in [4.69, 9.17) is 16.0 Å². The largest absolute Gasteiger partial charge is 0.452 e. The summed E-state index contributed by atoms with van der Waals surface area (Å²) in [6.07, 6.45) is 1.65. The predicted octanol–water partition coefficient (Wildman–Crippen LogP) is 3.14. The van der Waals surface area contributed by atoms with Crippen LogP contribution in [0.1, 0.15) is 11.1 Å². The third-order valence-corrected chi connectivity index (χ3v) is 2.06. The quantitative estimate of drug-likeness (QED) is 0.648. The molecule has 0 saturated heterocycles. The van der Waals surface area contributed by atoms with Crippen LogP contribution < -0.4 is 0 Å². The highest BCUT2D eigenvalue weighted by molar-refractivity contribution is 9.08. The Morgan fingerprint density at radius 3 is 2.67 bits per heavy atom. The summed E-state index contributed by atoms with van der Waals surface area (Å²) >= 11 is 8.94. The van der Waals surface area contributed by atoms with Gasteiger partial charge in [-0.1, -0.05) is 15.9 Å². The number of hydrogen-bond donors (Lipinski definition) is 0. The number of rotatable bonds is 1. The first-order chi connectivity index (χ1) is 4.25. The number of aryl methyl sites for hydroxylation is 1. The van der Waals surface area contributed by atoms with Crippen molar-refractivity contribution in [1.82, 2.24) is 0 Å². The Balaban J connectivity index is 3.07. The van der Waals surface area contributed by atoms with Gasteiger partial charge in [0.2, 0.25) is 0 Å². The van der Waals surface area contributed by atoms with Crippen molar-refractivity contribution in [1.29, 1.82) is 0 Å². The summed E-state index contributed by atoms with van der Waals surface area (Å²) in [7, 11) is 0. The summed E-state index contributed by atoms with van der Waals surface area (Å²) in [6.45, 7) is 1.96. The molecule has 1 heterocycles. The zero-order valence-corrected chi connectivity index (χ0v) is 7.29. The molecule has 50 valence electrons. The first-order valence-electron chi connectivity index (χ1n) is 2.54. The van der Waals surface area contributed by atoms with Gasteiger partial charge in [-0.3, -0.25) is 0 Å². The molecule has 0 unspecified atom stereocenters. The standard InChI is InChI=1S/C6H6BrClO/c1-4-3-9-6(8)5(4)2-7/h3H,2H2,1H3. The Kier molecular flexibility index (Phi) is 2.19. The van der Waals surface area contributed by atoms with Crippen molar-refractivity contribution in [3.63, 3.8) is 0 Å². The summed E-state index contributed by atoms with van der Waals surface area (Å²) < 4.78 is 4.92. The highest BCUT2D eigenvalue weighted by Crippen LogP contribution is 2.23. The number of halogens is 2.